The molecule has 0 atom stereocenters. The first-order valence-electron chi connectivity index (χ1n) is 8.18. The lowest BCUT2D eigenvalue weighted by atomic mass is 10.2. The lowest BCUT2D eigenvalue weighted by Crippen LogP contribution is -2.25. The zero-order valence-electron chi connectivity index (χ0n) is 12.7. The van der Waals surface area contributed by atoms with Gasteiger partial charge in [-0.15, -0.1) is 0 Å². The summed E-state index contributed by atoms with van der Waals surface area (Å²) in [5.41, 5.74) is 2.17. The van der Waals surface area contributed by atoms with Gasteiger partial charge in [0.1, 0.15) is 0 Å². The minimum Gasteiger partial charge on any atom is -0.372 e. The first-order chi connectivity index (χ1) is 10.3. The molecule has 4 heteroatoms. The van der Waals surface area contributed by atoms with Gasteiger partial charge in [0.05, 0.1) is 0 Å². The van der Waals surface area contributed by atoms with Crippen LogP contribution in [-0.4, -0.2) is 43.5 Å². The molecule has 0 bridgehead atoms. The fourth-order valence-electron chi connectivity index (χ4n) is 3.22. The normalized spacial score (nSPS) is 19.1. The molecular weight excluding hydrogens is 262 g/mol. The monoisotopic (exact) mass is 287 g/mol. The van der Waals surface area contributed by atoms with E-state index < -0.39 is 0 Å². The molecule has 1 amide bonds. The molecule has 1 aromatic carbocycles. The van der Waals surface area contributed by atoms with E-state index in [-0.39, 0.29) is 5.91 Å². The number of hydrogen-bond acceptors (Lipinski definition) is 3. The Morgan fingerprint density at radius 1 is 0.952 bits per heavy atom. The number of nitrogens with one attached hydrogen (secondary N) is 1. The Morgan fingerprint density at radius 3 is 2.24 bits per heavy atom. The molecule has 2 aliphatic rings. The molecule has 0 unspecified atom stereocenters. The van der Waals surface area contributed by atoms with Crippen LogP contribution in [0.25, 0.3) is 0 Å². The van der Waals surface area contributed by atoms with Gasteiger partial charge >= 0.3 is 0 Å². The quantitative estimate of drug-likeness (QED) is 0.904. The summed E-state index contributed by atoms with van der Waals surface area (Å²) in [5.74, 6) is 0.121. The number of anilines is 2. The van der Waals surface area contributed by atoms with E-state index in [1.807, 2.05) is 12.1 Å². The van der Waals surface area contributed by atoms with Crippen molar-refractivity contribution in [3.05, 3.63) is 24.3 Å². The number of rotatable bonds is 5. The fourth-order valence-corrected chi connectivity index (χ4v) is 3.22. The van der Waals surface area contributed by atoms with Crippen LogP contribution in [0.15, 0.2) is 24.3 Å². The Hall–Kier alpha value is -1.55. The molecule has 0 spiro atoms. The zero-order valence-corrected chi connectivity index (χ0v) is 12.7. The van der Waals surface area contributed by atoms with Gasteiger partial charge < -0.3 is 15.1 Å². The maximum atomic E-state index is 12.0. The number of hydrogen-bond donors (Lipinski definition) is 1. The topological polar surface area (TPSA) is 35.6 Å². The highest BCUT2D eigenvalue weighted by Gasteiger charge is 2.14. The molecule has 1 N–H and O–H groups in total. The van der Waals surface area contributed by atoms with Gasteiger partial charge in [-0.3, -0.25) is 4.79 Å². The summed E-state index contributed by atoms with van der Waals surface area (Å²) in [5, 5.41) is 3.00. The smallest absolute Gasteiger partial charge is 0.225 e. The van der Waals surface area contributed by atoms with Gasteiger partial charge in [-0.1, -0.05) is 0 Å². The molecular formula is C17H25N3O. The second kappa shape index (κ2) is 6.94. The standard InChI is InChI=1S/C17H25N3O/c21-17(9-14-19-10-1-2-11-19)18-15-5-7-16(8-6-15)20-12-3-4-13-20/h5-8H,1-4,9-14H2,(H,18,21). The molecule has 4 nitrogen and oxygen atoms in total. The minimum absolute atomic E-state index is 0.121. The maximum Gasteiger partial charge on any atom is 0.225 e. The van der Waals surface area contributed by atoms with Crippen molar-refractivity contribution in [3.63, 3.8) is 0 Å². The van der Waals surface area contributed by atoms with Crippen LogP contribution in [0.3, 0.4) is 0 Å². The molecule has 21 heavy (non-hydrogen) atoms. The Labute approximate surface area is 127 Å². The van der Waals surface area contributed by atoms with Crippen LogP contribution in [0, 0.1) is 0 Å². The summed E-state index contributed by atoms with van der Waals surface area (Å²) in [6, 6.07) is 8.26. The minimum atomic E-state index is 0.121. The Morgan fingerprint density at radius 2 is 1.57 bits per heavy atom. The molecule has 2 saturated heterocycles. The molecule has 3 rings (SSSR count). The SMILES string of the molecule is O=C(CCN1CCCC1)Nc1ccc(N2CCCC2)cc1. The molecule has 2 heterocycles. The molecule has 0 radical (unpaired) electrons. The first kappa shape index (κ1) is 14.4. The second-order valence-corrected chi connectivity index (χ2v) is 6.09. The summed E-state index contributed by atoms with van der Waals surface area (Å²) in [6.07, 6.45) is 5.72. The van der Waals surface area contributed by atoms with Crippen molar-refractivity contribution >= 4 is 17.3 Å². The van der Waals surface area contributed by atoms with Crippen LogP contribution in [0.5, 0.6) is 0 Å². The summed E-state index contributed by atoms with van der Waals surface area (Å²) in [7, 11) is 0. The van der Waals surface area contributed by atoms with Crippen molar-refractivity contribution in [2.75, 3.05) is 42.9 Å². The van der Waals surface area contributed by atoms with E-state index in [9.17, 15) is 4.79 Å². The predicted octanol–water partition coefficient (Wildman–Crippen LogP) is 2.71. The number of carbonyl (C=O) groups is 1. The third-order valence-electron chi connectivity index (χ3n) is 4.48. The van der Waals surface area contributed by atoms with Crippen molar-refractivity contribution in [2.24, 2.45) is 0 Å². The van der Waals surface area contributed by atoms with E-state index in [2.05, 4.69) is 27.2 Å². The lowest BCUT2D eigenvalue weighted by Gasteiger charge is -2.18. The van der Waals surface area contributed by atoms with Gasteiger partial charge in [0.15, 0.2) is 0 Å². The van der Waals surface area contributed by atoms with Crippen LogP contribution in [0.2, 0.25) is 0 Å². The number of nitrogens with zero attached hydrogens (tertiary/aromatic N) is 2. The third kappa shape index (κ3) is 3.97. The average molecular weight is 287 g/mol. The lowest BCUT2D eigenvalue weighted by molar-refractivity contribution is -0.116. The summed E-state index contributed by atoms with van der Waals surface area (Å²) in [6.45, 7) is 5.50. The van der Waals surface area contributed by atoms with Crippen LogP contribution in [0.4, 0.5) is 11.4 Å². The molecule has 114 valence electrons. The molecule has 0 aliphatic carbocycles. The Bertz CT molecular complexity index is 459. The van der Waals surface area contributed by atoms with Crippen LogP contribution in [0.1, 0.15) is 32.1 Å². The van der Waals surface area contributed by atoms with Gasteiger partial charge in [-0.05, 0) is 63.0 Å². The van der Waals surface area contributed by atoms with Gasteiger partial charge in [0.2, 0.25) is 5.91 Å². The van der Waals surface area contributed by atoms with E-state index in [1.54, 1.807) is 0 Å². The summed E-state index contributed by atoms with van der Waals surface area (Å²) < 4.78 is 0. The number of likely N-dealkylation sites (tertiary alicyclic amines) is 1. The van der Waals surface area contributed by atoms with Crippen molar-refractivity contribution < 1.29 is 4.79 Å². The van der Waals surface area contributed by atoms with Crippen LogP contribution < -0.4 is 10.2 Å². The van der Waals surface area contributed by atoms with Crippen molar-refractivity contribution in [1.82, 2.24) is 4.90 Å². The highest BCUT2D eigenvalue weighted by molar-refractivity contribution is 5.91. The van der Waals surface area contributed by atoms with Crippen molar-refractivity contribution in [1.29, 1.82) is 0 Å². The van der Waals surface area contributed by atoms with Gasteiger partial charge in [0.25, 0.3) is 0 Å². The number of carbonyl (C=O) groups excluding carboxylic acids is 1. The predicted molar refractivity (Wildman–Crippen MR) is 86.8 cm³/mol. The molecule has 1 aromatic rings. The van der Waals surface area contributed by atoms with Crippen molar-refractivity contribution in [3.8, 4) is 0 Å². The highest BCUT2D eigenvalue weighted by atomic mass is 16.1. The highest BCUT2D eigenvalue weighted by Crippen LogP contribution is 2.22. The summed E-state index contributed by atoms with van der Waals surface area (Å²) >= 11 is 0. The molecule has 0 saturated carbocycles. The fraction of sp³-hybridized carbons (Fsp3) is 0.588. The number of amides is 1. The van der Waals surface area contributed by atoms with Gasteiger partial charge in [-0.25, -0.2) is 0 Å². The number of benzene rings is 1. The Kier molecular flexibility index (Phi) is 4.76. The zero-order chi connectivity index (χ0) is 14.5. The third-order valence-corrected chi connectivity index (χ3v) is 4.48. The maximum absolute atomic E-state index is 12.0. The van der Waals surface area contributed by atoms with Gasteiger partial charge in [-0.2, -0.15) is 0 Å². The van der Waals surface area contributed by atoms with E-state index in [1.165, 1.54) is 31.4 Å². The largest absolute Gasteiger partial charge is 0.372 e. The Balaban J connectivity index is 1.46. The van der Waals surface area contributed by atoms with Crippen LogP contribution >= 0.6 is 0 Å². The summed E-state index contributed by atoms with van der Waals surface area (Å²) in [4.78, 5) is 16.7. The van der Waals surface area contributed by atoms with Gasteiger partial charge in [0, 0.05) is 37.4 Å². The second-order valence-electron chi connectivity index (χ2n) is 6.09. The first-order valence-corrected chi connectivity index (χ1v) is 8.18. The average Bonchev–Trinajstić information content (AvgIpc) is 3.19. The van der Waals surface area contributed by atoms with E-state index in [0.717, 1.165) is 38.4 Å². The molecule has 0 aromatic heterocycles. The van der Waals surface area contributed by atoms with E-state index in [4.69, 9.17) is 0 Å². The molecule has 2 fully saturated rings. The van der Waals surface area contributed by atoms with Crippen molar-refractivity contribution in [2.45, 2.75) is 32.1 Å². The van der Waals surface area contributed by atoms with Crippen LogP contribution in [-0.2, 0) is 4.79 Å². The van der Waals surface area contributed by atoms with E-state index >= 15 is 0 Å². The molecule has 2 aliphatic heterocycles. The van der Waals surface area contributed by atoms with E-state index in [0.29, 0.717) is 6.42 Å².